The Morgan fingerprint density at radius 2 is 1.57 bits per heavy atom. The molecule has 0 N–H and O–H groups in total. The Balaban J connectivity index is 1.71. The molecule has 204 valence electrons. The van der Waals surface area contributed by atoms with Gasteiger partial charge in [0.05, 0.1) is 5.52 Å². The van der Waals surface area contributed by atoms with Gasteiger partial charge in [0.15, 0.2) is 5.71 Å². The predicted molar refractivity (Wildman–Crippen MR) is 164 cm³/mol. The van der Waals surface area contributed by atoms with E-state index in [1.165, 1.54) is 48.0 Å². The summed E-state index contributed by atoms with van der Waals surface area (Å²) in [5.41, 5.74) is 4.75. The Morgan fingerprint density at radius 3 is 2.27 bits per heavy atom. The minimum atomic E-state index is -0.573. The number of hydrogen-bond donors (Lipinski definition) is 0. The summed E-state index contributed by atoms with van der Waals surface area (Å²) in [6, 6.07) is 25.9. The van der Waals surface area contributed by atoms with Crippen LogP contribution in [-0.2, 0) is 16.2 Å². The van der Waals surface area contributed by atoms with Crippen LogP contribution in [0, 0.1) is 12.8 Å². The highest BCUT2D eigenvalue weighted by atomic mass is 16.7. The van der Waals surface area contributed by atoms with Crippen LogP contribution in [0.5, 0.6) is 0 Å². The van der Waals surface area contributed by atoms with Crippen LogP contribution in [-0.4, -0.2) is 22.0 Å². The van der Waals surface area contributed by atoms with Gasteiger partial charge in [-0.15, -0.1) is 0 Å². The first-order chi connectivity index (χ1) is 19.4. The summed E-state index contributed by atoms with van der Waals surface area (Å²) in [7, 11) is 0. The molecule has 0 saturated heterocycles. The van der Waals surface area contributed by atoms with Gasteiger partial charge in [-0.1, -0.05) is 92.9 Å². The number of oxime groups is 1. The summed E-state index contributed by atoms with van der Waals surface area (Å²) in [6.45, 7) is 8.88. The van der Waals surface area contributed by atoms with Crippen molar-refractivity contribution < 1.29 is 14.4 Å². The Hall–Kier alpha value is -4.25. The lowest BCUT2D eigenvalue weighted by molar-refractivity contribution is -0.140. The monoisotopic (exact) mass is 532 g/mol. The van der Waals surface area contributed by atoms with E-state index in [1.54, 1.807) is 12.1 Å². The van der Waals surface area contributed by atoms with Gasteiger partial charge in [-0.2, -0.15) is 0 Å². The number of fused-ring (bicyclic) bond motifs is 5. The van der Waals surface area contributed by atoms with E-state index >= 15 is 0 Å². The lowest BCUT2D eigenvalue weighted by Crippen LogP contribution is -2.17. The second-order valence-electron chi connectivity index (χ2n) is 10.6. The van der Waals surface area contributed by atoms with Crippen LogP contribution < -0.4 is 0 Å². The first kappa shape index (κ1) is 27.3. The molecule has 0 saturated carbocycles. The highest BCUT2D eigenvalue weighted by Crippen LogP contribution is 2.37. The zero-order valence-electron chi connectivity index (χ0n) is 23.7. The molecule has 0 radical (unpaired) electrons. The second-order valence-corrected chi connectivity index (χ2v) is 10.6. The summed E-state index contributed by atoms with van der Waals surface area (Å²) in [6.07, 6.45) is 4.73. The van der Waals surface area contributed by atoms with Crippen LogP contribution in [0.15, 0.2) is 84.0 Å². The molecule has 0 bridgehead atoms. The number of Topliss-reactive ketones (excluding diaryl/α,β-unsaturated/α-hetero) is 1. The molecule has 0 fully saturated rings. The number of carbonyl (C=O) groups is 2. The maximum absolute atomic E-state index is 13.8. The van der Waals surface area contributed by atoms with Gasteiger partial charge in [0.2, 0.25) is 5.78 Å². The molecule has 5 aromatic rings. The van der Waals surface area contributed by atoms with Crippen LogP contribution in [0.2, 0.25) is 0 Å². The van der Waals surface area contributed by atoms with Gasteiger partial charge in [0.1, 0.15) is 0 Å². The van der Waals surface area contributed by atoms with E-state index in [1.807, 2.05) is 30.3 Å². The van der Waals surface area contributed by atoms with Gasteiger partial charge < -0.3 is 9.40 Å². The van der Waals surface area contributed by atoms with E-state index in [4.69, 9.17) is 4.84 Å². The summed E-state index contributed by atoms with van der Waals surface area (Å²) in [5, 5.41) is 8.63. The Bertz CT molecular complexity index is 1730. The van der Waals surface area contributed by atoms with Crippen LogP contribution in [0.4, 0.5) is 0 Å². The molecule has 0 aliphatic rings. The molecule has 1 atom stereocenters. The van der Waals surface area contributed by atoms with E-state index in [2.05, 4.69) is 66.9 Å². The molecule has 0 amide bonds. The maximum Gasteiger partial charge on any atom is 0.332 e. The third-order valence-electron chi connectivity index (χ3n) is 7.84. The van der Waals surface area contributed by atoms with Crippen molar-refractivity contribution in [2.75, 3.05) is 0 Å². The molecule has 0 aliphatic carbocycles. The Morgan fingerprint density at radius 1 is 0.850 bits per heavy atom. The molecule has 1 aromatic heterocycles. The van der Waals surface area contributed by atoms with Crippen molar-refractivity contribution in [1.82, 2.24) is 4.57 Å². The van der Waals surface area contributed by atoms with E-state index in [0.717, 1.165) is 29.3 Å². The first-order valence-electron chi connectivity index (χ1n) is 14.2. The number of aromatic nitrogens is 1. The minimum Gasteiger partial charge on any atom is -0.340 e. The molecule has 0 spiro atoms. The highest BCUT2D eigenvalue weighted by Gasteiger charge is 2.22. The standard InChI is InChI=1S/C35H36N2O3/c1-5-7-13-25(6-2)22-37-32-19-18-27(35(39)33(36-40-24(4)38)26-14-9-8-10-15-26)21-30(32)31-20-23(3)28-16-11-12-17-29(28)34(31)37/h8-12,14-21,25H,5-7,13,22H2,1-4H3/b36-33+. The van der Waals surface area contributed by atoms with Gasteiger partial charge in [0, 0.05) is 46.3 Å². The molecule has 5 nitrogen and oxygen atoms in total. The van der Waals surface area contributed by atoms with Crippen LogP contribution in [0.3, 0.4) is 0 Å². The third-order valence-corrected chi connectivity index (χ3v) is 7.84. The molecule has 1 unspecified atom stereocenters. The van der Waals surface area contributed by atoms with Gasteiger partial charge in [0.25, 0.3) is 0 Å². The van der Waals surface area contributed by atoms with Gasteiger partial charge in [-0.05, 0) is 54.5 Å². The molecule has 4 aromatic carbocycles. The van der Waals surface area contributed by atoms with Crippen LogP contribution in [0.25, 0.3) is 32.6 Å². The van der Waals surface area contributed by atoms with Gasteiger partial charge >= 0.3 is 5.97 Å². The highest BCUT2D eigenvalue weighted by molar-refractivity contribution is 6.51. The zero-order chi connectivity index (χ0) is 28.2. The summed E-state index contributed by atoms with van der Waals surface area (Å²) >= 11 is 0. The third kappa shape index (κ3) is 5.29. The average molecular weight is 533 g/mol. The largest absolute Gasteiger partial charge is 0.340 e. The van der Waals surface area contributed by atoms with E-state index in [-0.39, 0.29) is 11.5 Å². The quantitative estimate of drug-likeness (QED) is 0.0783. The molecule has 1 heterocycles. The fourth-order valence-electron chi connectivity index (χ4n) is 5.72. The zero-order valence-corrected chi connectivity index (χ0v) is 23.7. The number of nitrogens with zero attached hydrogens (tertiary/aromatic N) is 2. The normalized spacial score (nSPS) is 12.8. The number of aryl methyl sites for hydroxylation is 1. The van der Waals surface area contributed by atoms with Crippen molar-refractivity contribution in [2.45, 2.75) is 59.9 Å². The fraction of sp³-hybridized carbons (Fsp3) is 0.286. The number of carbonyl (C=O) groups excluding carboxylic acids is 2. The smallest absolute Gasteiger partial charge is 0.332 e. The van der Waals surface area contributed by atoms with E-state index < -0.39 is 5.97 Å². The molecule has 0 aliphatic heterocycles. The van der Waals surface area contributed by atoms with Crippen molar-refractivity contribution in [3.05, 3.63) is 95.6 Å². The van der Waals surface area contributed by atoms with Crippen molar-refractivity contribution in [3.63, 3.8) is 0 Å². The number of ketones is 1. The summed E-state index contributed by atoms with van der Waals surface area (Å²) in [5.74, 6) is -0.293. The van der Waals surface area contributed by atoms with Crippen molar-refractivity contribution >= 4 is 50.0 Å². The summed E-state index contributed by atoms with van der Waals surface area (Å²) in [4.78, 5) is 30.3. The molecule has 40 heavy (non-hydrogen) atoms. The number of unbranched alkanes of at least 4 members (excludes halogenated alkanes) is 1. The van der Waals surface area contributed by atoms with E-state index in [9.17, 15) is 9.59 Å². The Labute approximate surface area is 235 Å². The fourth-order valence-corrected chi connectivity index (χ4v) is 5.72. The average Bonchev–Trinajstić information content (AvgIpc) is 3.28. The first-order valence-corrected chi connectivity index (χ1v) is 14.2. The van der Waals surface area contributed by atoms with Gasteiger partial charge in [-0.25, -0.2) is 4.79 Å². The second kappa shape index (κ2) is 11.9. The topological polar surface area (TPSA) is 60.7 Å². The maximum atomic E-state index is 13.8. The lowest BCUT2D eigenvalue weighted by Gasteiger charge is -2.18. The number of rotatable bonds is 10. The molecule has 5 rings (SSSR count). The summed E-state index contributed by atoms with van der Waals surface area (Å²) < 4.78 is 2.47. The predicted octanol–water partition coefficient (Wildman–Crippen LogP) is 8.62. The van der Waals surface area contributed by atoms with Crippen molar-refractivity contribution in [1.29, 1.82) is 0 Å². The van der Waals surface area contributed by atoms with Crippen LogP contribution >= 0.6 is 0 Å². The molecule has 5 heteroatoms. The molecular formula is C35H36N2O3. The van der Waals surface area contributed by atoms with Crippen LogP contribution in [0.1, 0.15) is 67.9 Å². The van der Waals surface area contributed by atoms with Crippen molar-refractivity contribution in [3.8, 4) is 0 Å². The SMILES string of the molecule is CCCCC(CC)Cn1c2ccc(C(=O)/C(=N/OC(C)=O)c3ccccc3)cc2c2cc(C)c3ccccc3c21. The van der Waals surface area contributed by atoms with E-state index in [0.29, 0.717) is 17.0 Å². The Kier molecular flexibility index (Phi) is 8.11. The lowest BCUT2D eigenvalue weighted by atomic mass is 9.97. The number of hydrogen-bond acceptors (Lipinski definition) is 4. The molecular weight excluding hydrogens is 496 g/mol. The number of benzene rings is 4. The van der Waals surface area contributed by atoms with Gasteiger partial charge in [-0.3, -0.25) is 4.79 Å². The minimum absolute atomic E-state index is 0.103. The van der Waals surface area contributed by atoms with Crippen molar-refractivity contribution in [2.24, 2.45) is 11.1 Å².